The van der Waals surface area contributed by atoms with E-state index in [1.165, 1.54) is 64.2 Å². The predicted octanol–water partition coefficient (Wildman–Crippen LogP) is 5.19. The highest BCUT2D eigenvalue weighted by Crippen LogP contribution is 2.21. The molecule has 2 saturated carbocycles. The molecule has 4 heteroatoms. The monoisotopic (exact) mass is 342 g/mol. The number of aliphatic imine (C=N–C) groups is 2. The van der Waals surface area contributed by atoms with Crippen molar-refractivity contribution in [2.45, 2.75) is 82.9 Å². The van der Waals surface area contributed by atoms with Gasteiger partial charge in [-0.25, -0.2) is 9.98 Å². The van der Waals surface area contributed by atoms with Crippen molar-refractivity contribution in [1.82, 2.24) is 0 Å². The molecule has 0 unspecified atom stereocenters. The molecule has 1 aromatic carbocycles. The fourth-order valence-corrected chi connectivity index (χ4v) is 3.32. The summed E-state index contributed by atoms with van der Waals surface area (Å²) in [6.45, 7) is 0.817. The molecule has 0 amide bonds. The Balaban J connectivity index is 0.000000196. The Bertz CT molecular complexity index is 504. The average molecular weight is 342 g/mol. The molecule has 0 heterocycles. The van der Waals surface area contributed by atoms with Gasteiger partial charge in [0.1, 0.15) is 6.61 Å². The lowest BCUT2D eigenvalue weighted by atomic mass is 9.96. The summed E-state index contributed by atoms with van der Waals surface area (Å²) >= 11 is 0. The van der Waals surface area contributed by atoms with Gasteiger partial charge in [-0.2, -0.15) is 0 Å². The molecule has 0 N–H and O–H groups in total. The van der Waals surface area contributed by atoms with Crippen LogP contribution in [0.5, 0.6) is 0 Å². The standard InChI is InChI=1S/C13H22N2.C8H8O2/c1-3-7-12(8-4-1)14-11-15-13-9-5-2-6-10-13;9-7-10-6-8-4-2-1-3-5-8/h12-13H,1-10H2;1-5,7H,6H2. The van der Waals surface area contributed by atoms with Gasteiger partial charge in [-0.15, -0.1) is 0 Å². The van der Waals surface area contributed by atoms with Crippen LogP contribution in [0.2, 0.25) is 0 Å². The first-order valence-corrected chi connectivity index (χ1v) is 9.62. The maximum absolute atomic E-state index is 9.76. The molecule has 0 radical (unpaired) electrons. The molecule has 2 fully saturated rings. The zero-order valence-electron chi connectivity index (χ0n) is 15.1. The first-order chi connectivity index (χ1) is 12.4. The van der Waals surface area contributed by atoms with Crippen molar-refractivity contribution in [2.75, 3.05) is 0 Å². The van der Waals surface area contributed by atoms with Crippen molar-refractivity contribution in [1.29, 1.82) is 0 Å². The van der Waals surface area contributed by atoms with E-state index in [0.717, 1.165) is 5.56 Å². The lowest BCUT2D eigenvalue weighted by molar-refractivity contribution is -0.129. The molecule has 0 bridgehead atoms. The summed E-state index contributed by atoms with van der Waals surface area (Å²) < 4.78 is 4.54. The predicted molar refractivity (Wildman–Crippen MR) is 101 cm³/mol. The summed E-state index contributed by atoms with van der Waals surface area (Å²) in [7, 11) is 0. The number of hydrogen-bond acceptors (Lipinski definition) is 4. The van der Waals surface area contributed by atoms with E-state index in [1.807, 2.05) is 30.3 Å². The van der Waals surface area contributed by atoms with Crippen LogP contribution in [0, 0.1) is 0 Å². The molecule has 0 aromatic heterocycles. The number of carbonyl (C=O) groups excluding carboxylic acids is 1. The van der Waals surface area contributed by atoms with Crippen LogP contribution < -0.4 is 0 Å². The fraction of sp³-hybridized carbons (Fsp3) is 0.619. The van der Waals surface area contributed by atoms with Gasteiger partial charge in [-0.05, 0) is 31.2 Å². The second-order valence-corrected chi connectivity index (χ2v) is 6.83. The Hall–Kier alpha value is -1.93. The van der Waals surface area contributed by atoms with E-state index in [4.69, 9.17) is 0 Å². The second kappa shape index (κ2) is 12.4. The first kappa shape index (κ1) is 19.4. The highest BCUT2D eigenvalue weighted by Gasteiger charge is 2.12. The third-order valence-corrected chi connectivity index (χ3v) is 4.79. The summed E-state index contributed by atoms with van der Waals surface area (Å²) in [5, 5.41) is 0. The molecule has 0 spiro atoms. The quantitative estimate of drug-likeness (QED) is 0.546. The Labute approximate surface area is 151 Å². The van der Waals surface area contributed by atoms with Gasteiger partial charge in [0.05, 0.1) is 18.1 Å². The van der Waals surface area contributed by atoms with Crippen molar-refractivity contribution in [3.63, 3.8) is 0 Å². The lowest BCUT2D eigenvalue weighted by Crippen LogP contribution is -2.10. The fourth-order valence-electron chi connectivity index (χ4n) is 3.32. The number of hydrogen-bond donors (Lipinski definition) is 0. The van der Waals surface area contributed by atoms with E-state index in [-0.39, 0.29) is 0 Å². The average Bonchev–Trinajstić information content (AvgIpc) is 2.69. The summed E-state index contributed by atoms with van der Waals surface area (Å²) in [5.74, 6) is 0. The van der Waals surface area contributed by atoms with Crippen molar-refractivity contribution >= 4 is 12.5 Å². The van der Waals surface area contributed by atoms with Crippen LogP contribution >= 0.6 is 0 Å². The molecule has 4 nitrogen and oxygen atoms in total. The molecule has 0 saturated heterocycles. The normalized spacial score (nSPS) is 18.2. The number of benzene rings is 1. The summed E-state index contributed by atoms with van der Waals surface area (Å²) in [6.07, 6.45) is 13.2. The first-order valence-electron chi connectivity index (χ1n) is 9.62. The van der Waals surface area contributed by atoms with E-state index >= 15 is 0 Å². The van der Waals surface area contributed by atoms with E-state index in [9.17, 15) is 4.79 Å². The molecular weight excluding hydrogens is 312 g/mol. The van der Waals surface area contributed by atoms with Crippen molar-refractivity contribution < 1.29 is 9.53 Å². The van der Waals surface area contributed by atoms with Gasteiger partial charge < -0.3 is 4.74 Å². The molecule has 1 aromatic rings. The SMILES string of the molecule is C(=NC1CCCCC1)=NC1CCCCC1.O=COCc1ccccc1. The highest BCUT2D eigenvalue weighted by atomic mass is 16.5. The minimum atomic E-state index is 0.365. The zero-order chi connectivity index (χ0) is 17.6. The molecule has 25 heavy (non-hydrogen) atoms. The van der Waals surface area contributed by atoms with Gasteiger partial charge in [0.2, 0.25) is 0 Å². The van der Waals surface area contributed by atoms with Gasteiger partial charge in [0.15, 0.2) is 0 Å². The Morgan fingerprint density at radius 2 is 1.40 bits per heavy atom. The van der Waals surface area contributed by atoms with Crippen LogP contribution in [0.15, 0.2) is 40.3 Å². The number of rotatable bonds is 5. The summed E-state index contributed by atoms with van der Waals surface area (Å²) in [6, 6.07) is 13.6. The van der Waals surface area contributed by atoms with Crippen LogP contribution in [0.1, 0.15) is 69.8 Å². The topological polar surface area (TPSA) is 51.0 Å². The van der Waals surface area contributed by atoms with Gasteiger partial charge >= 0.3 is 0 Å². The number of carbonyl (C=O) groups is 1. The van der Waals surface area contributed by atoms with E-state index < -0.39 is 0 Å². The van der Waals surface area contributed by atoms with E-state index in [0.29, 0.717) is 25.2 Å². The molecule has 0 atom stereocenters. The van der Waals surface area contributed by atoms with Crippen LogP contribution in [-0.2, 0) is 16.1 Å². The summed E-state index contributed by atoms with van der Waals surface area (Å²) in [5.41, 5.74) is 1.01. The Kier molecular flexibility index (Phi) is 9.65. The maximum atomic E-state index is 9.76. The van der Waals surface area contributed by atoms with Gasteiger partial charge in [-0.3, -0.25) is 4.79 Å². The molecule has 2 aliphatic rings. The molecule has 0 aliphatic heterocycles. The third kappa shape index (κ3) is 8.64. The van der Waals surface area contributed by atoms with Gasteiger partial charge in [0, 0.05) is 0 Å². The van der Waals surface area contributed by atoms with Crippen molar-refractivity contribution in [2.24, 2.45) is 9.98 Å². The van der Waals surface area contributed by atoms with Crippen molar-refractivity contribution in [3.8, 4) is 0 Å². The lowest BCUT2D eigenvalue weighted by Gasteiger charge is -2.17. The van der Waals surface area contributed by atoms with Gasteiger partial charge in [-0.1, -0.05) is 68.9 Å². The van der Waals surface area contributed by atoms with Crippen LogP contribution in [-0.4, -0.2) is 24.6 Å². The zero-order valence-corrected chi connectivity index (χ0v) is 15.1. The smallest absolute Gasteiger partial charge is 0.293 e. The third-order valence-electron chi connectivity index (χ3n) is 4.79. The summed E-state index contributed by atoms with van der Waals surface area (Å²) in [4.78, 5) is 18.7. The van der Waals surface area contributed by atoms with E-state index in [2.05, 4.69) is 20.7 Å². The minimum absolute atomic E-state index is 0.365. The molecular formula is C21H30N2O2. The number of nitrogens with zero attached hydrogens (tertiary/aromatic N) is 2. The molecule has 3 rings (SSSR count). The Morgan fingerprint density at radius 1 is 0.880 bits per heavy atom. The van der Waals surface area contributed by atoms with Gasteiger partial charge in [0.25, 0.3) is 6.47 Å². The van der Waals surface area contributed by atoms with Crippen LogP contribution in [0.4, 0.5) is 0 Å². The molecule has 2 aliphatic carbocycles. The maximum Gasteiger partial charge on any atom is 0.293 e. The largest absolute Gasteiger partial charge is 0.463 e. The minimum Gasteiger partial charge on any atom is -0.463 e. The van der Waals surface area contributed by atoms with E-state index in [1.54, 1.807) is 0 Å². The highest BCUT2D eigenvalue weighted by molar-refractivity contribution is 5.42. The van der Waals surface area contributed by atoms with Crippen LogP contribution in [0.3, 0.4) is 0 Å². The molecule has 136 valence electrons. The number of ether oxygens (including phenoxy) is 1. The van der Waals surface area contributed by atoms with Crippen molar-refractivity contribution in [3.05, 3.63) is 35.9 Å². The Morgan fingerprint density at radius 3 is 1.88 bits per heavy atom. The second-order valence-electron chi connectivity index (χ2n) is 6.83. The van der Waals surface area contributed by atoms with Crippen LogP contribution in [0.25, 0.3) is 0 Å².